The molecule has 6 heteroatoms. The third kappa shape index (κ3) is 4.81. The number of hydrogen-bond acceptors (Lipinski definition) is 4. The van der Waals surface area contributed by atoms with Crippen molar-refractivity contribution >= 4 is 17.5 Å². The number of carbonyl (C=O) groups is 2. The highest BCUT2D eigenvalue weighted by molar-refractivity contribution is 6.39. The SMILES string of the molecule is COc1cc(C)c(CCNC(=O)C2=NNC(=O)CC2)cc1C(C)(C)C. The topological polar surface area (TPSA) is 79.8 Å². The molecular weight excluding hydrogens is 318 g/mol. The van der Waals surface area contributed by atoms with Gasteiger partial charge in [0.15, 0.2) is 0 Å². The monoisotopic (exact) mass is 345 g/mol. The largest absolute Gasteiger partial charge is 0.496 e. The van der Waals surface area contributed by atoms with Crippen molar-refractivity contribution in [3.05, 3.63) is 28.8 Å². The minimum absolute atomic E-state index is 0.0217. The van der Waals surface area contributed by atoms with Crippen molar-refractivity contribution < 1.29 is 14.3 Å². The summed E-state index contributed by atoms with van der Waals surface area (Å²) in [6.45, 7) is 9.03. The summed E-state index contributed by atoms with van der Waals surface area (Å²) in [5, 5.41) is 6.69. The van der Waals surface area contributed by atoms with Crippen LogP contribution >= 0.6 is 0 Å². The molecule has 0 spiro atoms. The van der Waals surface area contributed by atoms with E-state index < -0.39 is 0 Å². The van der Waals surface area contributed by atoms with Gasteiger partial charge in [0.05, 0.1) is 7.11 Å². The molecule has 2 amide bonds. The van der Waals surface area contributed by atoms with Crippen LogP contribution in [0.5, 0.6) is 5.75 Å². The van der Waals surface area contributed by atoms with E-state index in [0.717, 1.165) is 23.3 Å². The second-order valence-electron chi connectivity index (χ2n) is 7.33. The Balaban J connectivity index is 2.03. The molecule has 0 radical (unpaired) electrons. The molecule has 0 aromatic heterocycles. The van der Waals surface area contributed by atoms with Gasteiger partial charge in [-0.05, 0) is 41.5 Å². The maximum atomic E-state index is 12.1. The summed E-state index contributed by atoms with van der Waals surface area (Å²) in [7, 11) is 1.69. The average Bonchev–Trinajstić information content (AvgIpc) is 2.55. The van der Waals surface area contributed by atoms with Gasteiger partial charge in [-0.15, -0.1) is 0 Å². The highest BCUT2D eigenvalue weighted by Crippen LogP contribution is 2.33. The van der Waals surface area contributed by atoms with Crippen LogP contribution in [0, 0.1) is 6.92 Å². The number of methoxy groups -OCH3 is 1. The molecule has 2 N–H and O–H groups in total. The predicted octanol–water partition coefficient (Wildman–Crippen LogP) is 2.23. The predicted molar refractivity (Wildman–Crippen MR) is 98.0 cm³/mol. The average molecular weight is 345 g/mol. The van der Waals surface area contributed by atoms with Gasteiger partial charge < -0.3 is 10.1 Å². The second-order valence-corrected chi connectivity index (χ2v) is 7.33. The van der Waals surface area contributed by atoms with E-state index in [2.05, 4.69) is 48.7 Å². The van der Waals surface area contributed by atoms with Gasteiger partial charge in [0, 0.05) is 19.4 Å². The number of nitrogens with one attached hydrogen (secondary N) is 2. The van der Waals surface area contributed by atoms with Crippen molar-refractivity contribution in [1.29, 1.82) is 0 Å². The summed E-state index contributed by atoms with van der Waals surface area (Å²) < 4.78 is 5.52. The van der Waals surface area contributed by atoms with E-state index in [0.29, 0.717) is 25.1 Å². The Morgan fingerprint density at radius 1 is 1.32 bits per heavy atom. The standard InChI is InChI=1S/C19H27N3O3/c1-12-10-16(25-5)14(19(2,3)4)11-13(12)8-9-20-18(24)15-6-7-17(23)22-21-15/h10-11H,6-9H2,1-5H3,(H,20,24)(H,22,23). The van der Waals surface area contributed by atoms with Crippen molar-refractivity contribution in [1.82, 2.24) is 10.7 Å². The lowest BCUT2D eigenvalue weighted by molar-refractivity contribution is -0.121. The van der Waals surface area contributed by atoms with E-state index in [9.17, 15) is 9.59 Å². The third-order valence-electron chi connectivity index (χ3n) is 4.31. The smallest absolute Gasteiger partial charge is 0.267 e. The lowest BCUT2D eigenvalue weighted by Crippen LogP contribution is -2.37. The normalized spacial score (nSPS) is 14.6. The molecule has 1 aromatic carbocycles. The number of benzene rings is 1. The Labute approximate surface area is 149 Å². The summed E-state index contributed by atoms with van der Waals surface area (Å²) in [5.74, 6) is 0.521. The number of ether oxygens (including phenoxy) is 1. The zero-order valence-corrected chi connectivity index (χ0v) is 15.7. The maximum Gasteiger partial charge on any atom is 0.267 e. The Morgan fingerprint density at radius 2 is 2.04 bits per heavy atom. The van der Waals surface area contributed by atoms with Crippen LogP contribution in [0.3, 0.4) is 0 Å². The van der Waals surface area contributed by atoms with Crippen LogP contribution in [0.2, 0.25) is 0 Å². The summed E-state index contributed by atoms with van der Waals surface area (Å²) in [6.07, 6.45) is 1.41. The van der Waals surface area contributed by atoms with Gasteiger partial charge in [0.2, 0.25) is 5.91 Å². The second kappa shape index (κ2) is 7.68. The fourth-order valence-corrected chi connectivity index (χ4v) is 2.80. The fourth-order valence-electron chi connectivity index (χ4n) is 2.80. The van der Waals surface area contributed by atoms with Crippen molar-refractivity contribution in [2.45, 2.75) is 52.4 Å². The quantitative estimate of drug-likeness (QED) is 0.859. The third-order valence-corrected chi connectivity index (χ3v) is 4.31. The van der Waals surface area contributed by atoms with E-state index in [1.165, 1.54) is 5.56 Å². The van der Waals surface area contributed by atoms with Crippen molar-refractivity contribution in [3.63, 3.8) is 0 Å². The van der Waals surface area contributed by atoms with E-state index >= 15 is 0 Å². The Hall–Kier alpha value is -2.37. The molecule has 0 saturated heterocycles. The van der Waals surface area contributed by atoms with Gasteiger partial charge in [-0.25, -0.2) is 5.43 Å². The van der Waals surface area contributed by atoms with Gasteiger partial charge in [-0.3, -0.25) is 9.59 Å². The number of hydrazone groups is 1. The maximum absolute atomic E-state index is 12.1. The molecule has 1 heterocycles. The minimum atomic E-state index is -0.220. The van der Waals surface area contributed by atoms with Gasteiger partial charge in [0.25, 0.3) is 5.91 Å². The van der Waals surface area contributed by atoms with Crippen LogP contribution in [-0.2, 0) is 21.4 Å². The Kier molecular flexibility index (Phi) is 5.82. The summed E-state index contributed by atoms with van der Waals surface area (Å²) in [5.41, 5.74) is 6.18. The summed E-state index contributed by atoms with van der Waals surface area (Å²) in [4.78, 5) is 23.2. The van der Waals surface area contributed by atoms with Crippen molar-refractivity contribution in [3.8, 4) is 5.75 Å². The number of carbonyl (C=O) groups excluding carboxylic acids is 2. The molecule has 0 saturated carbocycles. The van der Waals surface area contributed by atoms with Crippen LogP contribution in [0.4, 0.5) is 0 Å². The fraction of sp³-hybridized carbons (Fsp3) is 0.526. The van der Waals surface area contributed by atoms with Crippen LogP contribution in [0.25, 0.3) is 0 Å². The Morgan fingerprint density at radius 3 is 2.60 bits per heavy atom. The molecule has 2 rings (SSSR count). The summed E-state index contributed by atoms with van der Waals surface area (Å²) in [6, 6.07) is 4.22. The first-order valence-corrected chi connectivity index (χ1v) is 8.54. The first-order valence-electron chi connectivity index (χ1n) is 8.54. The first kappa shape index (κ1) is 19.0. The number of aryl methyl sites for hydroxylation is 1. The molecule has 1 aliphatic heterocycles. The highest BCUT2D eigenvalue weighted by Gasteiger charge is 2.21. The molecule has 6 nitrogen and oxygen atoms in total. The van der Waals surface area contributed by atoms with Crippen LogP contribution < -0.4 is 15.5 Å². The number of rotatable bonds is 5. The van der Waals surface area contributed by atoms with Crippen LogP contribution in [0.1, 0.15) is 50.3 Å². The van der Waals surface area contributed by atoms with E-state index in [-0.39, 0.29) is 17.2 Å². The zero-order chi connectivity index (χ0) is 18.6. The molecule has 25 heavy (non-hydrogen) atoms. The molecule has 1 aromatic rings. The molecule has 0 aliphatic carbocycles. The molecule has 0 fully saturated rings. The molecule has 0 unspecified atom stereocenters. The van der Waals surface area contributed by atoms with E-state index in [1.54, 1.807) is 7.11 Å². The molecule has 0 atom stereocenters. The molecule has 1 aliphatic rings. The minimum Gasteiger partial charge on any atom is -0.496 e. The Bertz CT molecular complexity index is 703. The van der Waals surface area contributed by atoms with Crippen LogP contribution in [-0.4, -0.2) is 31.2 Å². The van der Waals surface area contributed by atoms with E-state index in [1.807, 2.05) is 6.92 Å². The van der Waals surface area contributed by atoms with Gasteiger partial charge in [-0.1, -0.05) is 26.8 Å². The van der Waals surface area contributed by atoms with Crippen molar-refractivity contribution in [2.24, 2.45) is 5.10 Å². The zero-order valence-electron chi connectivity index (χ0n) is 15.7. The number of hydrogen-bond donors (Lipinski definition) is 2. The van der Waals surface area contributed by atoms with Gasteiger partial charge >= 0.3 is 0 Å². The molecule has 0 bridgehead atoms. The van der Waals surface area contributed by atoms with Gasteiger partial charge in [-0.2, -0.15) is 5.10 Å². The number of amides is 2. The molecule has 136 valence electrons. The highest BCUT2D eigenvalue weighted by atomic mass is 16.5. The van der Waals surface area contributed by atoms with Crippen molar-refractivity contribution in [2.75, 3.05) is 13.7 Å². The summed E-state index contributed by atoms with van der Waals surface area (Å²) >= 11 is 0. The lowest BCUT2D eigenvalue weighted by atomic mass is 9.84. The van der Waals surface area contributed by atoms with Crippen LogP contribution in [0.15, 0.2) is 17.2 Å². The van der Waals surface area contributed by atoms with Gasteiger partial charge in [0.1, 0.15) is 11.5 Å². The van der Waals surface area contributed by atoms with E-state index in [4.69, 9.17) is 4.74 Å². The molecular formula is C19H27N3O3. The number of nitrogens with zero attached hydrogens (tertiary/aromatic N) is 1. The first-order chi connectivity index (χ1) is 11.7. The lowest BCUT2D eigenvalue weighted by Gasteiger charge is -2.24.